The van der Waals surface area contributed by atoms with Gasteiger partial charge in [0.1, 0.15) is 41.7 Å². The molecule has 2 heterocycles. The first-order valence-corrected chi connectivity index (χ1v) is 24.5. The third-order valence-corrected chi connectivity index (χ3v) is 15.4. The lowest BCUT2D eigenvalue weighted by molar-refractivity contribution is -0.346. The number of ketones is 1. The maximum absolute atomic E-state index is 15.2. The third-order valence-electron chi connectivity index (χ3n) is 15.4. The van der Waals surface area contributed by atoms with Gasteiger partial charge in [-0.25, -0.2) is 14.4 Å². The number of benzene rings is 2. The van der Waals surface area contributed by atoms with E-state index in [0.29, 0.717) is 18.4 Å². The van der Waals surface area contributed by atoms with Gasteiger partial charge in [-0.1, -0.05) is 68.8 Å². The molecule has 382 valence electrons. The van der Waals surface area contributed by atoms with Crippen LogP contribution in [0.3, 0.4) is 0 Å². The number of likely N-dealkylation sites (tertiary alicyclic amines) is 1. The monoisotopic (exact) mass is 974 g/mol. The lowest BCUT2D eigenvalue weighted by Gasteiger charge is -2.67. The Labute approximate surface area is 409 Å². The van der Waals surface area contributed by atoms with Crippen LogP contribution in [0.5, 0.6) is 0 Å². The molecule has 0 spiro atoms. The van der Waals surface area contributed by atoms with E-state index in [4.69, 9.17) is 28.4 Å². The van der Waals surface area contributed by atoms with Crippen LogP contribution < -0.4 is 5.32 Å². The molecule has 17 nitrogen and oxygen atoms in total. The van der Waals surface area contributed by atoms with Crippen LogP contribution in [0.2, 0.25) is 0 Å². The van der Waals surface area contributed by atoms with Gasteiger partial charge in [-0.3, -0.25) is 14.4 Å². The number of fused-ring (bicyclic) bond motifs is 5. The van der Waals surface area contributed by atoms with Crippen molar-refractivity contribution in [3.8, 4) is 0 Å². The number of carbonyl (C=O) groups excluding carboxylic acids is 6. The Kier molecular flexibility index (Phi) is 15.4. The van der Waals surface area contributed by atoms with Gasteiger partial charge in [-0.15, -0.1) is 0 Å². The third kappa shape index (κ3) is 10.1. The highest BCUT2D eigenvalue weighted by Crippen LogP contribution is 2.64. The molecule has 2 saturated carbocycles. The van der Waals surface area contributed by atoms with E-state index in [-0.39, 0.29) is 36.2 Å². The summed E-state index contributed by atoms with van der Waals surface area (Å²) < 4.78 is 36.4. The minimum Gasteiger partial charge on any atom is -0.455 e. The summed E-state index contributed by atoms with van der Waals surface area (Å²) in [7, 11) is 0. The number of aliphatic hydroxyl groups excluding tert-OH is 2. The van der Waals surface area contributed by atoms with Gasteiger partial charge in [0.2, 0.25) is 6.10 Å². The second-order valence-corrected chi connectivity index (χ2v) is 21.4. The Morgan fingerprint density at radius 1 is 0.914 bits per heavy atom. The molecule has 0 radical (unpaired) electrons. The standard InChI is InChI=1S/C53H70N2O15/c1-31-35(66-47(62)42(67-38(58)24-16-19-27-55-25-17-11-18-26-55)40(33-20-12-9-13-21-33)54-48(63)70-49(3,4)5)29-53(64)45(68-46(61)34-22-14-10-15-23-34)43-51(8,44(60)41(59)39(31)50(53,6)7)36(57)28-37-52(43,30-65-37)69-32(2)56/h9-10,12-15,20-23,35-37,40-43,45,57,59,64H,11,16-19,24-30H2,1-8H3,(H,54,63)/t35-,36-,37+,40-,41+,42+,43?,45-,51+,52-,53+/m0/s1. The number of nitrogens with zero attached hydrogens (tertiary/aromatic N) is 1. The predicted molar refractivity (Wildman–Crippen MR) is 252 cm³/mol. The summed E-state index contributed by atoms with van der Waals surface area (Å²) in [5.74, 6) is -6.07. The topological polar surface area (TPSA) is 234 Å². The van der Waals surface area contributed by atoms with Crippen LogP contribution in [0.4, 0.5) is 4.79 Å². The molecule has 0 aromatic heterocycles. The fraction of sp³-hybridized carbons (Fsp3) is 0.623. The van der Waals surface area contributed by atoms with E-state index in [1.807, 2.05) is 0 Å². The smallest absolute Gasteiger partial charge is 0.408 e. The zero-order chi connectivity index (χ0) is 51.0. The molecular weight excluding hydrogens is 905 g/mol. The summed E-state index contributed by atoms with van der Waals surface area (Å²) in [6, 6.07) is 14.9. The Morgan fingerprint density at radius 2 is 1.56 bits per heavy atom. The summed E-state index contributed by atoms with van der Waals surface area (Å²) in [4.78, 5) is 87.5. The van der Waals surface area contributed by atoms with E-state index in [2.05, 4.69) is 10.2 Å². The molecule has 17 heteroatoms. The minimum atomic E-state index is -2.40. The number of alkyl carbamates (subject to hydrolysis) is 1. The van der Waals surface area contributed by atoms with Crippen molar-refractivity contribution in [2.75, 3.05) is 26.2 Å². The normalized spacial score (nSPS) is 31.4. The van der Waals surface area contributed by atoms with Crippen molar-refractivity contribution in [1.29, 1.82) is 0 Å². The average Bonchev–Trinajstić information content (AvgIpc) is 3.30. The lowest BCUT2D eigenvalue weighted by atomic mass is 9.44. The molecule has 1 unspecified atom stereocenters. The number of esters is 4. The summed E-state index contributed by atoms with van der Waals surface area (Å²) in [6.45, 7) is 14.7. The number of amides is 1. The van der Waals surface area contributed by atoms with Crippen molar-refractivity contribution >= 4 is 35.8 Å². The van der Waals surface area contributed by atoms with Gasteiger partial charge in [-0.05, 0) is 109 Å². The molecule has 1 amide bonds. The molecule has 2 aromatic rings. The molecule has 2 saturated heterocycles. The molecule has 5 aliphatic rings. The number of ether oxygens (including phenoxy) is 6. The molecule has 2 aliphatic heterocycles. The van der Waals surface area contributed by atoms with Crippen molar-refractivity contribution in [2.24, 2.45) is 16.7 Å². The van der Waals surface area contributed by atoms with Crippen molar-refractivity contribution in [3.63, 3.8) is 0 Å². The summed E-state index contributed by atoms with van der Waals surface area (Å²) >= 11 is 0. The number of unbranched alkanes of at least 4 members (excludes halogenated alkanes) is 1. The first-order chi connectivity index (χ1) is 32.9. The van der Waals surface area contributed by atoms with Crippen LogP contribution in [0.15, 0.2) is 71.8 Å². The summed E-state index contributed by atoms with van der Waals surface area (Å²) in [5.41, 5.74) is -8.32. The Bertz CT molecular complexity index is 2310. The molecule has 2 bridgehead atoms. The largest absolute Gasteiger partial charge is 0.455 e. The van der Waals surface area contributed by atoms with Gasteiger partial charge >= 0.3 is 30.0 Å². The van der Waals surface area contributed by atoms with Crippen LogP contribution in [-0.4, -0.2) is 136 Å². The molecule has 3 aliphatic carbocycles. The fourth-order valence-electron chi connectivity index (χ4n) is 11.7. The van der Waals surface area contributed by atoms with E-state index < -0.39 is 118 Å². The predicted octanol–water partition coefficient (Wildman–Crippen LogP) is 5.47. The fourth-order valence-corrected chi connectivity index (χ4v) is 11.7. The maximum Gasteiger partial charge on any atom is 0.408 e. The molecule has 2 aromatic carbocycles. The van der Waals surface area contributed by atoms with E-state index in [1.165, 1.54) is 32.4 Å². The van der Waals surface area contributed by atoms with Crippen molar-refractivity contribution in [2.45, 2.75) is 166 Å². The number of nitrogens with one attached hydrogen (secondary N) is 1. The van der Waals surface area contributed by atoms with Gasteiger partial charge in [-0.2, -0.15) is 0 Å². The van der Waals surface area contributed by atoms with E-state index in [0.717, 1.165) is 39.4 Å². The molecular formula is C53H70N2O15. The van der Waals surface area contributed by atoms with Crippen LogP contribution in [0, 0.1) is 16.7 Å². The highest BCUT2D eigenvalue weighted by Gasteiger charge is 2.78. The Morgan fingerprint density at radius 3 is 2.16 bits per heavy atom. The number of aliphatic hydroxyl groups is 3. The maximum atomic E-state index is 15.2. The SMILES string of the molecule is CC(=O)O[C@@]12CO[C@@H]1C[C@H](O)[C@@]1(C)C(=O)[C@H](O)C3=C(C)[C@@H](OC(=O)[C@H](OC(=O)CCCCN4CCCCC4)[C@@H](NC(=O)OC(C)(C)C)c4ccccc4)C[C@@](O)([C@@H](OC(=O)c4ccccc4)C12)C3(C)C. The molecule has 11 atom stereocenters. The first-order valence-electron chi connectivity index (χ1n) is 24.5. The van der Waals surface area contributed by atoms with Crippen LogP contribution in [0.1, 0.15) is 129 Å². The Hall–Kier alpha value is -5.20. The second-order valence-electron chi connectivity index (χ2n) is 21.4. The van der Waals surface area contributed by atoms with Crippen LogP contribution in [-0.2, 0) is 47.6 Å². The van der Waals surface area contributed by atoms with Gasteiger partial charge in [0.25, 0.3) is 0 Å². The number of hydrogen-bond acceptors (Lipinski definition) is 16. The number of carbonyl (C=O) groups is 6. The molecule has 7 rings (SSSR count). The van der Waals surface area contributed by atoms with Crippen molar-refractivity contribution in [1.82, 2.24) is 10.2 Å². The van der Waals surface area contributed by atoms with E-state index >= 15 is 9.59 Å². The van der Waals surface area contributed by atoms with E-state index in [9.17, 15) is 34.5 Å². The van der Waals surface area contributed by atoms with E-state index in [1.54, 1.807) is 83.1 Å². The minimum absolute atomic E-state index is 0.0599. The Balaban J connectivity index is 1.32. The van der Waals surface area contributed by atoms with Crippen LogP contribution >= 0.6 is 0 Å². The second kappa shape index (κ2) is 20.5. The number of piperidine rings is 1. The number of hydrogen-bond donors (Lipinski definition) is 4. The summed E-state index contributed by atoms with van der Waals surface area (Å²) in [6.07, 6.45) is -6.97. The molecule has 70 heavy (non-hydrogen) atoms. The van der Waals surface area contributed by atoms with Crippen molar-refractivity contribution < 1.29 is 72.5 Å². The van der Waals surface area contributed by atoms with Gasteiger partial charge in [0.15, 0.2) is 11.4 Å². The first kappa shape index (κ1) is 52.6. The molecule has 4 N–H and O–H groups in total. The van der Waals surface area contributed by atoms with Gasteiger partial charge in [0.05, 0.1) is 29.6 Å². The number of Topliss-reactive ketones (excluding diaryl/α,β-unsaturated/α-hetero) is 1. The van der Waals surface area contributed by atoms with Crippen molar-refractivity contribution in [3.05, 3.63) is 82.9 Å². The lowest BCUT2D eigenvalue weighted by Crippen LogP contribution is -2.81. The van der Waals surface area contributed by atoms with Gasteiger partial charge < -0.3 is 54.0 Å². The average molecular weight is 975 g/mol. The van der Waals surface area contributed by atoms with Gasteiger partial charge in [0, 0.05) is 31.6 Å². The number of rotatable bonds is 14. The molecule has 4 fully saturated rings. The zero-order valence-electron chi connectivity index (χ0n) is 41.6. The highest BCUT2D eigenvalue weighted by atomic mass is 16.6. The zero-order valence-corrected chi connectivity index (χ0v) is 41.6. The quantitative estimate of drug-likeness (QED) is 0.0796. The highest BCUT2D eigenvalue weighted by molar-refractivity contribution is 5.94. The summed E-state index contributed by atoms with van der Waals surface area (Å²) in [5, 5.41) is 41.0. The van der Waals surface area contributed by atoms with Crippen LogP contribution in [0.25, 0.3) is 0 Å².